The fourth-order valence-corrected chi connectivity index (χ4v) is 2.32. The average molecular weight is 368 g/mol. The lowest BCUT2D eigenvalue weighted by atomic mass is 10.1. The number of nitrogens with one attached hydrogen (secondary N) is 2. The van der Waals surface area contributed by atoms with Crippen LogP contribution in [0.4, 0.5) is 5.69 Å². The lowest BCUT2D eigenvalue weighted by Crippen LogP contribution is -2.31. The second-order valence-corrected chi connectivity index (χ2v) is 7.05. The molecule has 0 saturated carbocycles. The summed E-state index contributed by atoms with van der Waals surface area (Å²) in [6, 6.07) is 14.0. The van der Waals surface area contributed by atoms with Crippen molar-refractivity contribution in [2.75, 3.05) is 11.9 Å². The molecule has 27 heavy (non-hydrogen) atoms. The van der Waals surface area contributed by atoms with Gasteiger partial charge in [0.05, 0.1) is 6.61 Å². The Balaban J connectivity index is 2.01. The number of anilines is 1. The van der Waals surface area contributed by atoms with E-state index < -0.39 is 0 Å². The normalized spacial score (nSPS) is 11.7. The number of carbonyl (C=O) groups is 2. The van der Waals surface area contributed by atoms with Crippen LogP contribution in [0, 0.1) is 5.92 Å². The molecule has 2 amide bonds. The SMILES string of the molecule is CCC(C)NC(=O)c1cccc(NC(=O)c2ccc(OCC(C)C)cc2)c1. The van der Waals surface area contributed by atoms with Gasteiger partial charge in [0.25, 0.3) is 11.8 Å². The first kappa shape index (κ1) is 20.5. The molecule has 0 aliphatic heterocycles. The molecular weight excluding hydrogens is 340 g/mol. The lowest BCUT2D eigenvalue weighted by molar-refractivity contribution is 0.0938. The van der Waals surface area contributed by atoms with Crippen LogP contribution in [-0.2, 0) is 0 Å². The second-order valence-electron chi connectivity index (χ2n) is 7.05. The third-order valence-electron chi connectivity index (χ3n) is 4.07. The molecule has 0 bridgehead atoms. The van der Waals surface area contributed by atoms with Crippen molar-refractivity contribution in [3.63, 3.8) is 0 Å². The first-order chi connectivity index (χ1) is 12.9. The number of rotatable bonds is 8. The van der Waals surface area contributed by atoms with Gasteiger partial charge in [0, 0.05) is 22.9 Å². The van der Waals surface area contributed by atoms with Crippen molar-refractivity contribution in [3.8, 4) is 5.75 Å². The van der Waals surface area contributed by atoms with Crippen molar-refractivity contribution in [1.29, 1.82) is 0 Å². The summed E-state index contributed by atoms with van der Waals surface area (Å²) in [6.07, 6.45) is 0.860. The fraction of sp³-hybridized carbons (Fsp3) is 0.364. The number of benzene rings is 2. The third-order valence-corrected chi connectivity index (χ3v) is 4.07. The largest absolute Gasteiger partial charge is 0.493 e. The Hall–Kier alpha value is -2.82. The van der Waals surface area contributed by atoms with E-state index in [1.54, 1.807) is 48.5 Å². The van der Waals surface area contributed by atoms with E-state index in [-0.39, 0.29) is 17.9 Å². The van der Waals surface area contributed by atoms with E-state index in [1.165, 1.54) is 0 Å². The molecule has 0 saturated heterocycles. The van der Waals surface area contributed by atoms with Crippen LogP contribution in [-0.4, -0.2) is 24.5 Å². The van der Waals surface area contributed by atoms with E-state index in [0.29, 0.717) is 29.3 Å². The summed E-state index contributed by atoms with van der Waals surface area (Å²) in [6.45, 7) is 8.77. The Labute approximate surface area is 161 Å². The minimum absolute atomic E-state index is 0.104. The van der Waals surface area contributed by atoms with Crippen LogP contribution in [0.3, 0.4) is 0 Å². The predicted octanol–water partition coefficient (Wildman–Crippen LogP) is 4.50. The second kappa shape index (κ2) is 9.76. The van der Waals surface area contributed by atoms with Crippen LogP contribution in [0.1, 0.15) is 54.8 Å². The summed E-state index contributed by atoms with van der Waals surface area (Å²) >= 11 is 0. The van der Waals surface area contributed by atoms with Gasteiger partial charge in [0.2, 0.25) is 0 Å². The smallest absolute Gasteiger partial charge is 0.255 e. The summed E-state index contributed by atoms with van der Waals surface area (Å²) in [5.74, 6) is 0.804. The Morgan fingerprint density at radius 1 is 0.963 bits per heavy atom. The molecule has 0 fully saturated rings. The molecule has 0 heterocycles. The van der Waals surface area contributed by atoms with Gasteiger partial charge in [0.1, 0.15) is 5.75 Å². The molecule has 0 aliphatic rings. The molecular formula is C22H28N2O3. The molecule has 144 valence electrons. The maximum absolute atomic E-state index is 12.4. The van der Waals surface area contributed by atoms with Crippen molar-refractivity contribution in [2.45, 2.75) is 40.2 Å². The van der Waals surface area contributed by atoms with Crippen molar-refractivity contribution >= 4 is 17.5 Å². The monoisotopic (exact) mass is 368 g/mol. The van der Waals surface area contributed by atoms with Crippen molar-refractivity contribution in [2.24, 2.45) is 5.92 Å². The van der Waals surface area contributed by atoms with Gasteiger partial charge in [-0.2, -0.15) is 0 Å². The van der Waals surface area contributed by atoms with Gasteiger partial charge in [-0.1, -0.05) is 26.8 Å². The van der Waals surface area contributed by atoms with Crippen LogP contribution in [0.25, 0.3) is 0 Å². The summed E-state index contributed by atoms with van der Waals surface area (Å²) in [7, 11) is 0. The quantitative estimate of drug-likeness (QED) is 0.721. The summed E-state index contributed by atoms with van der Waals surface area (Å²) in [5.41, 5.74) is 1.63. The highest BCUT2D eigenvalue weighted by molar-refractivity contribution is 6.05. The highest BCUT2D eigenvalue weighted by atomic mass is 16.5. The zero-order valence-electron chi connectivity index (χ0n) is 16.4. The maximum Gasteiger partial charge on any atom is 0.255 e. The van der Waals surface area contributed by atoms with E-state index in [0.717, 1.165) is 12.2 Å². The van der Waals surface area contributed by atoms with Crippen LogP contribution in [0.5, 0.6) is 5.75 Å². The fourth-order valence-electron chi connectivity index (χ4n) is 2.32. The van der Waals surface area contributed by atoms with Crippen LogP contribution in [0.15, 0.2) is 48.5 Å². The molecule has 2 aromatic rings. The minimum atomic E-state index is -0.232. The Bertz CT molecular complexity index is 769. The van der Waals surface area contributed by atoms with E-state index in [9.17, 15) is 9.59 Å². The maximum atomic E-state index is 12.4. The molecule has 0 aliphatic carbocycles. The van der Waals surface area contributed by atoms with Gasteiger partial charge in [-0.3, -0.25) is 9.59 Å². The zero-order chi connectivity index (χ0) is 19.8. The van der Waals surface area contributed by atoms with Gasteiger partial charge in [-0.05, 0) is 61.7 Å². The molecule has 0 radical (unpaired) electrons. The van der Waals surface area contributed by atoms with Gasteiger partial charge >= 0.3 is 0 Å². The molecule has 5 nitrogen and oxygen atoms in total. The number of ether oxygens (including phenoxy) is 1. The van der Waals surface area contributed by atoms with Gasteiger partial charge < -0.3 is 15.4 Å². The summed E-state index contributed by atoms with van der Waals surface area (Å²) < 4.78 is 5.63. The van der Waals surface area contributed by atoms with Crippen molar-refractivity contribution in [1.82, 2.24) is 5.32 Å². The summed E-state index contributed by atoms with van der Waals surface area (Å²) in [5, 5.41) is 5.75. The van der Waals surface area contributed by atoms with Gasteiger partial charge in [-0.15, -0.1) is 0 Å². The van der Waals surface area contributed by atoms with Gasteiger partial charge in [0.15, 0.2) is 0 Å². The molecule has 2 aromatic carbocycles. The molecule has 2 N–H and O–H groups in total. The molecule has 1 atom stereocenters. The molecule has 1 unspecified atom stereocenters. The molecule has 0 spiro atoms. The van der Waals surface area contributed by atoms with Crippen LogP contribution < -0.4 is 15.4 Å². The Morgan fingerprint density at radius 2 is 1.67 bits per heavy atom. The summed E-state index contributed by atoms with van der Waals surface area (Å²) in [4.78, 5) is 24.7. The molecule has 0 aromatic heterocycles. The van der Waals surface area contributed by atoms with E-state index in [4.69, 9.17) is 4.74 Å². The highest BCUT2D eigenvalue weighted by Crippen LogP contribution is 2.16. The van der Waals surface area contributed by atoms with Crippen LogP contribution >= 0.6 is 0 Å². The topological polar surface area (TPSA) is 67.4 Å². The number of carbonyl (C=O) groups excluding carboxylic acids is 2. The van der Waals surface area contributed by atoms with Crippen molar-refractivity contribution in [3.05, 3.63) is 59.7 Å². The Morgan fingerprint density at radius 3 is 2.30 bits per heavy atom. The average Bonchev–Trinajstić information content (AvgIpc) is 2.66. The van der Waals surface area contributed by atoms with Crippen molar-refractivity contribution < 1.29 is 14.3 Å². The number of hydrogen-bond acceptors (Lipinski definition) is 3. The number of amides is 2. The minimum Gasteiger partial charge on any atom is -0.493 e. The van der Waals surface area contributed by atoms with E-state index >= 15 is 0 Å². The first-order valence-electron chi connectivity index (χ1n) is 9.34. The highest BCUT2D eigenvalue weighted by Gasteiger charge is 2.11. The van der Waals surface area contributed by atoms with E-state index in [2.05, 4.69) is 24.5 Å². The third kappa shape index (κ3) is 6.44. The standard InChI is InChI=1S/C22H28N2O3/c1-5-16(4)23-22(26)18-7-6-8-19(13-18)24-21(25)17-9-11-20(12-10-17)27-14-15(2)3/h6-13,15-16H,5,14H2,1-4H3,(H,23,26)(H,24,25). The van der Waals surface area contributed by atoms with Crippen LogP contribution in [0.2, 0.25) is 0 Å². The predicted molar refractivity (Wildman–Crippen MR) is 108 cm³/mol. The Kier molecular flexibility index (Phi) is 7.41. The molecule has 5 heteroatoms. The van der Waals surface area contributed by atoms with E-state index in [1.807, 2.05) is 13.8 Å². The first-order valence-corrected chi connectivity index (χ1v) is 9.34. The lowest BCUT2D eigenvalue weighted by Gasteiger charge is -2.12. The van der Waals surface area contributed by atoms with Gasteiger partial charge in [-0.25, -0.2) is 0 Å². The number of hydrogen-bond donors (Lipinski definition) is 2. The molecule has 2 rings (SSSR count). The zero-order valence-corrected chi connectivity index (χ0v) is 16.4.